The summed E-state index contributed by atoms with van der Waals surface area (Å²) in [4.78, 5) is 10.9. The van der Waals surface area contributed by atoms with Gasteiger partial charge in [0.15, 0.2) is 0 Å². The first kappa shape index (κ1) is 17.4. The fourth-order valence-electron chi connectivity index (χ4n) is 1.55. The molecule has 5 heteroatoms. The molecule has 0 aliphatic rings. The van der Waals surface area contributed by atoms with Gasteiger partial charge < -0.3 is 19.9 Å². The van der Waals surface area contributed by atoms with E-state index in [1.807, 2.05) is 0 Å². The fourth-order valence-corrected chi connectivity index (χ4v) is 1.55. The molecule has 0 fully saturated rings. The SMILES string of the molecule is CCOC(=O)COCCNCC(O)CC(C)(C)C. The van der Waals surface area contributed by atoms with E-state index in [1.165, 1.54) is 0 Å². The van der Waals surface area contributed by atoms with Gasteiger partial charge in [0.25, 0.3) is 0 Å². The van der Waals surface area contributed by atoms with Gasteiger partial charge in [-0.1, -0.05) is 20.8 Å². The molecule has 0 aliphatic heterocycles. The van der Waals surface area contributed by atoms with E-state index in [9.17, 15) is 9.90 Å². The van der Waals surface area contributed by atoms with Gasteiger partial charge in [-0.3, -0.25) is 0 Å². The molecular weight excluding hydrogens is 234 g/mol. The summed E-state index contributed by atoms with van der Waals surface area (Å²) in [6.45, 7) is 9.99. The van der Waals surface area contributed by atoms with Crippen LogP contribution in [0.1, 0.15) is 34.1 Å². The van der Waals surface area contributed by atoms with E-state index in [0.717, 1.165) is 6.42 Å². The number of rotatable bonds is 9. The summed E-state index contributed by atoms with van der Waals surface area (Å²) in [5, 5.41) is 12.8. The molecule has 5 nitrogen and oxygen atoms in total. The van der Waals surface area contributed by atoms with Crippen LogP contribution in [-0.4, -0.2) is 50.1 Å². The molecule has 0 saturated heterocycles. The molecule has 0 heterocycles. The number of ether oxygens (including phenoxy) is 2. The van der Waals surface area contributed by atoms with Crippen LogP contribution >= 0.6 is 0 Å². The van der Waals surface area contributed by atoms with Gasteiger partial charge in [-0.15, -0.1) is 0 Å². The van der Waals surface area contributed by atoms with Crippen LogP contribution in [-0.2, 0) is 14.3 Å². The van der Waals surface area contributed by atoms with Gasteiger partial charge >= 0.3 is 5.97 Å². The summed E-state index contributed by atoms with van der Waals surface area (Å²) in [7, 11) is 0. The van der Waals surface area contributed by atoms with Gasteiger partial charge in [0.2, 0.25) is 0 Å². The van der Waals surface area contributed by atoms with Gasteiger partial charge in [-0.2, -0.15) is 0 Å². The second-order valence-electron chi connectivity index (χ2n) is 5.48. The van der Waals surface area contributed by atoms with E-state index in [4.69, 9.17) is 9.47 Å². The fraction of sp³-hybridized carbons (Fsp3) is 0.923. The highest BCUT2D eigenvalue weighted by molar-refractivity contribution is 5.70. The lowest BCUT2D eigenvalue weighted by Gasteiger charge is -2.22. The quantitative estimate of drug-likeness (QED) is 0.478. The first-order chi connectivity index (χ1) is 8.35. The number of nitrogens with one attached hydrogen (secondary N) is 1. The molecule has 18 heavy (non-hydrogen) atoms. The van der Waals surface area contributed by atoms with Crippen molar-refractivity contribution >= 4 is 5.97 Å². The zero-order chi connectivity index (χ0) is 14.0. The van der Waals surface area contributed by atoms with Crippen LogP contribution < -0.4 is 5.32 Å². The van der Waals surface area contributed by atoms with Crippen LogP contribution in [0.5, 0.6) is 0 Å². The van der Waals surface area contributed by atoms with Gasteiger partial charge in [0.05, 0.1) is 19.3 Å². The molecule has 1 unspecified atom stereocenters. The predicted molar refractivity (Wildman–Crippen MR) is 70.4 cm³/mol. The molecule has 0 aromatic carbocycles. The molecule has 0 aliphatic carbocycles. The van der Waals surface area contributed by atoms with Crippen LogP contribution in [0.25, 0.3) is 0 Å². The summed E-state index contributed by atoms with van der Waals surface area (Å²) >= 11 is 0. The Bertz CT molecular complexity index is 226. The largest absolute Gasteiger partial charge is 0.464 e. The average molecular weight is 261 g/mol. The number of esters is 1. The molecule has 0 rings (SSSR count). The molecule has 0 spiro atoms. The maximum Gasteiger partial charge on any atom is 0.332 e. The number of hydrogen-bond acceptors (Lipinski definition) is 5. The summed E-state index contributed by atoms with van der Waals surface area (Å²) in [6.07, 6.45) is 0.402. The zero-order valence-corrected chi connectivity index (χ0v) is 12.0. The van der Waals surface area contributed by atoms with Crippen LogP contribution in [0.4, 0.5) is 0 Å². The second kappa shape index (κ2) is 9.30. The Kier molecular flexibility index (Phi) is 8.97. The number of aliphatic hydroxyl groups is 1. The van der Waals surface area contributed by atoms with E-state index in [-0.39, 0.29) is 24.1 Å². The van der Waals surface area contributed by atoms with Gasteiger partial charge in [-0.25, -0.2) is 4.79 Å². The lowest BCUT2D eigenvalue weighted by Crippen LogP contribution is -2.32. The standard InChI is InChI=1S/C13H27NO4/c1-5-18-12(16)10-17-7-6-14-9-11(15)8-13(2,3)4/h11,14-15H,5-10H2,1-4H3. The first-order valence-electron chi connectivity index (χ1n) is 6.47. The van der Waals surface area contributed by atoms with Crippen LogP contribution in [0.3, 0.4) is 0 Å². The number of carbonyl (C=O) groups is 1. The molecule has 1 atom stereocenters. The van der Waals surface area contributed by atoms with Crippen molar-refractivity contribution in [3.05, 3.63) is 0 Å². The number of aliphatic hydroxyl groups excluding tert-OH is 1. The third kappa shape index (κ3) is 11.8. The molecule has 108 valence electrons. The Hall–Kier alpha value is -0.650. The maximum absolute atomic E-state index is 10.9. The Labute approximate surface area is 110 Å². The van der Waals surface area contributed by atoms with Crippen molar-refractivity contribution in [2.75, 3.05) is 32.9 Å². The smallest absolute Gasteiger partial charge is 0.332 e. The monoisotopic (exact) mass is 261 g/mol. The molecule has 0 radical (unpaired) electrons. The Morgan fingerprint density at radius 1 is 1.39 bits per heavy atom. The predicted octanol–water partition coefficient (Wildman–Crippen LogP) is 0.953. The molecule has 0 amide bonds. The van der Waals surface area contributed by atoms with Crippen LogP contribution in [0, 0.1) is 5.41 Å². The minimum Gasteiger partial charge on any atom is -0.464 e. The van der Waals surface area contributed by atoms with Crippen molar-refractivity contribution in [1.29, 1.82) is 0 Å². The molecule has 0 bridgehead atoms. The lowest BCUT2D eigenvalue weighted by atomic mass is 9.89. The van der Waals surface area contributed by atoms with E-state index in [1.54, 1.807) is 6.92 Å². The Morgan fingerprint density at radius 2 is 2.06 bits per heavy atom. The van der Waals surface area contributed by atoms with Gasteiger partial charge in [0.1, 0.15) is 6.61 Å². The first-order valence-corrected chi connectivity index (χ1v) is 6.47. The topological polar surface area (TPSA) is 67.8 Å². The number of hydrogen-bond donors (Lipinski definition) is 2. The van der Waals surface area contributed by atoms with E-state index in [0.29, 0.717) is 26.3 Å². The Balaban J connectivity index is 3.38. The number of carbonyl (C=O) groups excluding carboxylic acids is 1. The highest BCUT2D eigenvalue weighted by Crippen LogP contribution is 2.20. The second-order valence-corrected chi connectivity index (χ2v) is 5.48. The molecule has 0 aromatic heterocycles. The van der Waals surface area contributed by atoms with Crippen molar-refractivity contribution in [2.45, 2.75) is 40.2 Å². The summed E-state index contributed by atoms with van der Waals surface area (Å²) < 4.78 is 9.83. The highest BCUT2D eigenvalue weighted by Gasteiger charge is 2.15. The van der Waals surface area contributed by atoms with E-state index >= 15 is 0 Å². The minimum absolute atomic E-state index is 0.0138. The van der Waals surface area contributed by atoms with Gasteiger partial charge in [-0.05, 0) is 18.8 Å². The van der Waals surface area contributed by atoms with Gasteiger partial charge in [0, 0.05) is 13.1 Å². The normalized spacial score (nSPS) is 13.4. The average Bonchev–Trinajstić information content (AvgIpc) is 2.21. The summed E-state index contributed by atoms with van der Waals surface area (Å²) in [5.41, 5.74) is 0.126. The maximum atomic E-state index is 10.9. The van der Waals surface area contributed by atoms with Crippen molar-refractivity contribution in [2.24, 2.45) is 5.41 Å². The van der Waals surface area contributed by atoms with Crippen LogP contribution in [0.15, 0.2) is 0 Å². The lowest BCUT2D eigenvalue weighted by molar-refractivity contribution is -0.148. The molecule has 0 saturated carbocycles. The zero-order valence-electron chi connectivity index (χ0n) is 12.0. The van der Waals surface area contributed by atoms with E-state index < -0.39 is 0 Å². The third-order valence-electron chi connectivity index (χ3n) is 2.18. The van der Waals surface area contributed by atoms with Crippen LogP contribution in [0.2, 0.25) is 0 Å². The molecule has 2 N–H and O–H groups in total. The summed E-state index contributed by atoms with van der Waals surface area (Å²) in [5.74, 6) is -0.342. The van der Waals surface area contributed by atoms with Crippen molar-refractivity contribution < 1.29 is 19.4 Å². The molecular formula is C13H27NO4. The van der Waals surface area contributed by atoms with E-state index in [2.05, 4.69) is 26.1 Å². The van der Waals surface area contributed by atoms with Crippen molar-refractivity contribution in [3.63, 3.8) is 0 Å². The highest BCUT2D eigenvalue weighted by atomic mass is 16.6. The minimum atomic E-state index is -0.352. The third-order valence-corrected chi connectivity index (χ3v) is 2.18. The van der Waals surface area contributed by atoms with Crippen molar-refractivity contribution in [3.8, 4) is 0 Å². The molecule has 0 aromatic rings. The Morgan fingerprint density at radius 3 is 2.61 bits per heavy atom. The summed E-state index contributed by atoms with van der Waals surface area (Å²) in [6, 6.07) is 0. The van der Waals surface area contributed by atoms with Crippen molar-refractivity contribution in [1.82, 2.24) is 5.32 Å².